The SMILES string of the molecule is CC(=O)N1CCc2c(sc(NC(=O)Cc3ccc4ccccc4c3)c2C#N)C1. The van der Waals surface area contributed by atoms with Gasteiger partial charge in [-0.05, 0) is 28.3 Å². The summed E-state index contributed by atoms with van der Waals surface area (Å²) in [5, 5.41) is 15.3. The van der Waals surface area contributed by atoms with Gasteiger partial charge in [0.05, 0.1) is 18.5 Å². The minimum absolute atomic E-state index is 0.0273. The summed E-state index contributed by atoms with van der Waals surface area (Å²) in [4.78, 5) is 27.0. The molecule has 1 N–H and O–H groups in total. The Hall–Kier alpha value is -3.17. The normalized spacial score (nSPS) is 13.1. The summed E-state index contributed by atoms with van der Waals surface area (Å²) in [6, 6.07) is 16.3. The molecule has 6 heteroatoms. The van der Waals surface area contributed by atoms with Gasteiger partial charge in [-0.25, -0.2) is 0 Å². The Kier molecular flexibility index (Phi) is 4.84. The Bertz CT molecular complexity index is 1130. The molecule has 140 valence electrons. The van der Waals surface area contributed by atoms with E-state index < -0.39 is 0 Å². The molecule has 2 aromatic carbocycles. The van der Waals surface area contributed by atoms with Crippen LogP contribution in [0.1, 0.15) is 28.5 Å². The first kappa shape index (κ1) is 18.2. The Morgan fingerprint density at radius 3 is 2.75 bits per heavy atom. The Morgan fingerprint density at radius 2 is 2.00 bits per heavy atom. The van der Waals surface area contributed by atoms with E-state index in [0.717, 1.165) is 26.8 Å². The predicted octanol–water partition coefficient (Wildman–Crippen LogP) is 3.86. The molecule has 1 aliphatic heterocycles. The lowest BCUT2D eigenvalue weighted by Crippen LogP contribution is -2.33. The van der Waals surface area contributed by atoms with Gasteiger partial charge in [0.1, 0.15) is 11.1 Å². The second-order valence-corrected chi connectivity index (χ2v) is 8.02. The Labute approximate surface area is 167 Å². The number of fused-ring (bicyclic) bond motifs is 2. The molecular weight excluding hydrogens is 370 g/mol. The van der Waals surface area contributed by atoms with Crippen molar-refractivity contribution in [2.24, 2.45) is 0 Å². The van der Waals surface area contributed by atoms with Gasteiger partial charge in [0.2, 0.25) is 11.8 Å². The molecule has 0 saturated carbocycles. The second-order valence-electron chi connectivity index (χ2n) is 6.92. The molecule has 2 heterocycles. The monoisotopic (exact) mass is 389 g/mol. The van der Waals surface area contributed by atoms with E-state index in [1.54, 1.807) is 11.8 Å². The average Bonchev–Trinajstić information content (AvgIpc) is 3.03. The fourth-order valence-corrected chi connectivity index (χ4v) is 4.81. The first-order valence-corrected chi connectivity index (χ1v) is 9.94. The molecule has 2 amide bonds. The summed E-state index contributed by atoms with van der Waals surface area (Å²) in [6.45, 7) is 2.67. The standard InChI is InChI=1S/C22H19N3O2S/c1-14(26)25-9-8-18-19(12-23)22(28-20(18)13-25)24-21(27)11-15-6-7-16-4-2-3-5-17(16)10-15/h2-7,10H,8-9,11,13H2,1H3,(H,24,27). The van der Waals surface area contributed by atoms with Crippen LogP contribution in [0.2, 0.25) is 0 Å². The number of nitrogens with zero attached hydrogens (tertiary/aromatic N) is 2. The van der Waals surface area contributed by atoms with E-state index >= 15 is 0 Å². The smallest absolute Gasteiger partial charge is 0.229 e. The van der Waals surface area contributed by atoms with Crippen molar-refractivity contribution in [1.29, 1.82) is 5.26 Å². The molecule has 5 nitrogen and oxygen atoms in total. The number of nitrogens with one attached hydrogen (secondary N) is 1. The van der Waals surface area contributed by atoms with Crippen LogP contribution in [-0.4, -0.2) is 23.3 Å². The quantitative estimate of drug-likeness (QED) is 0.739. The van der Waals surface area contributed by atoms with Crippen LogP contribution in [0, 0.1) is 11.3 Å². The maximum Gasteiger partial charge on any atom is 0.229 e. The molecule has 1 aromatic heterocycles. The second kappa shape index (κ2) is 7.45. The van der Waals surface area contributed by atoms with Crippen LogP contribution in [0.4, 0.5) is 5.00 Å². The van der Waals surface area contributed by atoms with Crippen molar-refractivity contribution >= 4 is 38.9 Å². The third kappa shape index (κ3) is 3.49. The van der Waals surface area contributed by atoms with Crippen LogP contribution in [0.3, 0.4) is 0 Å². The van der Waals surface area contributed by atoms with Gasteiger partial charge in [-0.1, -0.05) is 42.5 Å². The Morgan fingerprint density at radius 1 is 1.21 bits per heavy atom. The number of benzene rings is 2. The van der Waals surface area contributed by atoms with Crippen LogP contribution >= 0.6 is 11.3 Å². The number of anilines is 1. The van der Waals surface area contributed by atoms with Crippen molar-refractivity contribution in [3.8, 4) is 6.07 Å². The lowest BCUT2D eigenvalue weighted by atomic mass is 10.0. The molecule has 28 heavy (non-hydrogen) atoms. The highest BCUT2D eigenvalue weighted by atomic mass is 32.1. The number of rotatable bonds is 3. The molecule has 3 aromatic rings. The molecular formula is C22H19N3O2S. The fraction of sp³-hybridized carbons (Fsp3) is 0.227. The van der Waals surface area contributed by atoms with E-state index in [0.29, 0.717) is 30.1 Å². The highest BCUT2D eigenvalue weighted by Crippen LogP contribution is 2.36. The molecule has 0 unspecified atom stereocenters. The molecule has 0 aliphatic carbocycles. The number of thiophene rings is 1. The number of carbonyl (C=O) groups excluding carboxylic acids is 2. The summed E-state index contributed by atoms with van der Waals surface area (Å²) in [6.07, 6.45) is 0.896. The number of amides is 2. The molecule has 0 spiro atoms. The van der Waals surface area contributed by atoms with E-state index in [-0.39, 0.29) is 18.2 Å². The highest BCUT2D eigenvalue weighted by molar-refractivity contribution is 7.16. The average molecular weight is 389 g/mol. The van der Waals surface area contributed by atoms with Crippen molar-refractivity contribution < 1.29 is 9.59 Å². The zero-order chi connectivity index (χ0) is 19.7. The molecule has 0 atom stereocenters. The van der Waals surface area contributed by atoms with Crippen LogP contribution < -0.4 is 5.32 Å². The van der Waals surface area contributed by atoms with E-state index in [9.17, 15) is 14.9 Å². The van der Waals surface area contributed by atoms with Gasteiger partial charge in [-0.2, -0.15) is 5.26 Å². The van der Waals surface area contributed by atoms with Crippen molar-refractivity contribution in [3.05, 3.63) is 64.0 Å². The fourth-order valence-electron chi connectivity index (χ4n) is 3.58. The summed E-state index contributed by atoms with van der Waals surface area (Å²) in [5.74, 6) is -0.117. The van der Waals surface area contributed by atoms with Gasteiger partial charge in [0, 0.05) is 18.3 Å². The number of nitriles is 1. The minimum Gasteiger partial charge on any atom is -0.337 e. The lowest BCUT2D eigenvalue weighted by Gasteiger charge is -2.25. The molecule has 4 rings (SSSR count). The summed E-state index contributed by atoms with van der Waals surface area (Å²) >= 11 is 1.40. The molecule has 0 saturated heterocycles. The lowest BCUT2D eigenvalue weighted by molar-refractivity contribution is -0.129. The molecule has 0 radical (unpaired) electrons. The minimum atomic E-state index is -0.145. The van der Waals surface area contributed by atoms with E-state index in [4.69, 9.17) is 0 Å². The largest absolute Gasteiger partial charge is 0.337 e. The Balaban J connectivity index is 1.53. The van der Waals surface area contributed by atoms with E-state index in [1.165, 1.54) is 11.3 Å². The van der Waals surface area contributed by atoms with Gasteiger partial charge >= 0.3 is 0 Å². The number of hydrogen-bond donors (Lipinski definition) is 1. The van der Waals surface area contributed by atoms with Gasteiger partial charge in [0.25, 0.3) is 0 Å². The van der Waals surface area contributed by atoms with Crippen LogP contribution in [0.5, 0.6) is 0 Å². The van der Waals surface area contributed by atoms with E-state index in [1.807, 2.05) is 42.5 Å². The van der Waals surface area contributed by atoms with Crippen LogP contribution in [0.25, 0.3) is 10.8 Å². The zero-order valence-electron chi connectivity index (χ0n) is 15.5. The maximum absolute atomic E-state index is 12.6. The summed E-state index contributed by atoms with van der Waals surface area (Å²) in [7, 11) is 0. The van der Waals surface area contributed by atoms with Crippen molar-refractivity contribution in [2.75, 3.05) is 11.9 Å². The van der Waals surface area contributed by atoms with E-state index in [2.05, 4.69) is 11.4 Å². The summed E-state index contributed by atoms with van der Waals surface area (Å²) < 4.78 is 0. The zero-order valence-corrected chi connectivity index (χ0v) is 16.3. The molecule has 1 aliphatic rings. The van der Waals surface area contributed by atoms with Crippen LogP contribution in [0.15, 0.2) is 42.5 Å². The highest BCUT2D eigenvalue weighted by Gasteiger charge is 2.26. The van der Waals surface area contributed by atoms with Gasteiger partial charge in [-0.3, -0.25) is 9.59 Å². The number of hydrogen-bond acceptors (Lipinski definition) is 4. The third-order valence-electron chi connectivity index (χ3n) is 5.05. The first-order valence-electron chi connectivity index (χ1n) is 9.13. The molecule has 0 bridgehead atoms. The van der Waals surface area contributed by atoms with Gasteiger partial charge in [-0.15, -0.1) is 11.3 Å². The maximum atomic E-state index is 12.6. The predicted molar refractivity (Wildman–Crippen MR) is 110 cm³/mol. The van der Waals surface area contributed by atoms with Crippen LogP contribution in [-0.2, 0) is 29.0 Å². The van der Waals surface area contributed by atoms with Crippen molar-refractivity contribution in [3.63, 3.8) is 0 Å². The third-order valence-corrected chi connectivity index (χ3v) is 6.18. The van der Waals surface area contributed by atoms with Gasteiger partial charge in [0.15, 0.2) is 0 Å². The van der Waals surface area contributed by atoms with Crippen molar-refractivity contribution in [2.45, 2.75) is 26.3 Å². The number of carbonyl (C=O) groups is 2. The van der Waals surface area contributed by atoms with Gasteiger partial charge < -0.3 is 10.2 Å². The first-order chi connectivity index (χ1) is 13.5. The van der Waals surface area contributed by atoms with Crippen molar-refractivity contribution in [1.82, 2.24) is 4.90 Å². The molecule has 0 fully saturated rings. The topological polar surface area (TPSA) is 73.2 Å². The summed E-state index contributed by atoms with van der Waals surface area (Å²) in [5.41, 5.74) is 2.43.